The molecular weight excluding hydrogens is 423 g/mol. The van der Waals surface area contributed by atoms with E-state index in [2.05, 4.69) is 65.5 Å². The summed E-state index contributed by atoms with van der Waals surface area (Å²) in [5, 5.41) is 13.9. The molecule has 0 radical (unpaired) electrons. The molecule has 2 atom stereocenters. The van der Waals surface area contributed by atoms with E-state index in [-0.39, 0.29) is 0 Å². The molecule has 2 aromatic carbocycles. The molecule has 1 fully saturated rings. The monoisotopic (exact) mass is 449 g/mol. The number of likely N-dealkylation sites (tertiary alicyclic amines) is 1. The third-order valence-corrected chi connectivity index (χ3v) is 5.72. The maximum Gasteiger partial charge on any atom is 0.490 e. The Bertz CT molecular complexity index is 1050. The fraction of sp³-hybridized carbons (Fsp3) is 0.391. The molecule has 0 saturated carbocycles. The summed E-state index contributed by atoms with van der Waals surface area (Å²) in [5.41, 5.74) is 7.98. The molecule has 2 unspecified atom stereocenters. The fourth-order valence-electron chi connectivity index (χ4n) is 3.77. The van der Waals surface area contributed by atoms with Crippen LogP contribution < -0.4 is 5.73 Å². The van der Waals surface area contributed by atoms with E-state index in [0.717, 1.165) is 43.2 Å². The number of carbonyl (C=O) groups is 1. The van der Waals surface area contributed by atoms with Crippen LogP contribution in [0.25, 0.3) is 22.1 Å². The van der Waals surface area contributed by atoms with Crippen molar-refractivity contribution >= 4 is 16.7 Å². The van der Waals surface area contributed by atoms with Gasteiger partial charge < -0.3 is 15.4 Å². The van der Waals surface area contributed by atoms with Gasteiger partial charge in [-0.15, -0.1) is 0 Å². The maximum absolute atomic E-state index is 10.6. The normalized spacial score (nSPS) is 19.4. The molecule has 32 heavy (non-hydrogen) atoms. The zero-order chi connectivity index (χ0) is 23.3. The van der Waals surface area contributed by atoms with Crippen LogP contribution in [0.2, 0.25) is 0 Å². The smallest absolute Gasteiger partial charge is 0.475 e. The van der Waals surface area contributed by atoms with E-state index in [1.807, 2.05) is 0 Å². The first kappa shape index (κ1) is 23.7. The van der Waals surface area contributed by atoms with Crippen LogP contribution in [-0.4, -0.2) is 46.9 Å². The predicted molar refractivity (Wildman–Crippen MR) is 115 cm³/mol. The summed E-state index contributed by atoms with van der Waals surface area (Å²) in [6.45, 7) is 6.06. The van der Waals surface area contributed by atoms with Crippen molar-refractivity contribution in [2.24, 2.45) is 17.6 Å². The van der Waals surface area contributed by atoms with Gasteiger partial charge in [0.15, 0.2) is 5.76 Å². The summed E-state index contributed by atoms with van der Waals surface area (Å²) >= 11 is 0. The number of fused-ring (bicyclic) bond motifs is 1. The molecule has 0 amide bonds. The number of aromatic nitrogens is 1. The highest BCUT2D eigenvalue weighted by Crippen LogP contribution is 2.27. The van der Waals surface area contributed by atoms with E-state index in [9.17, 15) is 13.2 Å². The van der Waals surface area contributed by atoms with Crippen LogP contribution in [0.15, 0.2) is 53.1 Å². The molecule has 0 spiro atoms. The van der Waals surface area contributed by atoms with Crippen LogP contribution in [0.1, 0.15) is 19.0 Å². The number of hydrogen-bond donors (Lipinski definition) is 2. The number of rotatable bonds is 4. The lowest BCUT2D eigenvalue weighted by atomic mass is 9.87. The highest BCUT2D eigenvalue weighted by atomic mass is 19.4. The third kappa shape index (κ3) is 6.08. The minimum Gasteiger partial charge on any atom is -0.475 e. The minimum absolute atomic E-state index is 0.584. The van der Waals surface area contributed by atoms with Crippen molar-refractivity contribution < 1.29 is 27.6 Å². The Balaban J connectivity index is 0.000000360. The first-order valence-corrected chi connectivity index (χ1v) is 10.3. The number of carboxylic acid groups (broad SMARTS) is 1. The Labute approximate surface area is 183 Å². The van der Waals surface area contributed by atoms with E-state index >= 15 is 0 Å². The second-order valence-electron chi connectivity index (χ2n) is 8.04. The van der Waals surface area contributed by atoms with E-state index in [0.29, 0.717) is 11.8 Å². The van der Waals surface area contributed by atoms with Crippen molar-refractivity contribution in [2.75, 3.05) is 19.6 Å². The van der Waals surface area contributed by atoms with Gasteiger partial charge in [-0.1, -0.05) is 48.5 Å². The molecule has 1 aromatic heterocycles. The molecule has 0 aliphatic carbocycles. The lowest BCUT2D eigenvalue weighted by Gasteiger charge is -2.36. The van der Waals surface area contributed by atoms with Crippen LogP contribution in [0.3, 0.4) is 0 Å². The summed E-state index contributed by atoms with van der Waals surface area (Å²) in [6.07, 6.45) is -3.88. The van der Waals surface area contributed by atoms with Gasteiger partial charge in [0.1, 0.15) is 0 Å². The molecule has 0 bridgehead atoms. The van der Waals surface area contributed by atoms with Crippen molar-refractivity contribution in [3.8, 4) is 11.3 Å². The second-order valence-corrected chi connectivity index (χ2v) is 8.04. The summed E-state index contributed by atoms with van der Waals surface area (Å²) in [4.78, 5) is 11.3. The van der Waals surface area contributed by atoms with Crippen molar-refractivity contribution in [3.05, 3.63) is 54.2 Å². The van der Waals surface area contributed by atoms with Crippen LogP contribution >= 0.6 is 0 Å². The number of nitrogens with two attached hydrogens (primary N) is 1. The Morgan fingerprint density at radius 3 is 2.56 bits per heavy atom. The molecule has 3 N–H and O–H groups in total. The quantitative estimate of drug-likeness (QED) is 0.607. The molecule has 9 heteroatoms. The molecule has 1 aliphatic rings. The van der Waals surface area contributed by atoms with Crippen LogP contribution in [0.5, 0.6) is 0 Å². The van der Waals surface area contributed by atoms with Crippen molar-refractivity contribution in [1.82, 2.24) is 10.1 Å². The summed E-state index contributed by atoms with van der Waals surface area (Å²) < 4.78 is 37.4. The van der Waals surface area contributed by atoms with Gasteiger partial charge in [0.05, 0.1) is 5.69 Å². The molecule has 6 nitrogen and oxygen atoms in total. The molecule has 4 rings (SSSR count). The van der Waals surface area contributed by atoms with E-state index < -0.39 is 12.1 Å². The summed E-state index contributed by atoms with van der Waals surface area (Å²) in [6, 6.07) is 16.8. The minimum atomic E-state index is -5.08. The van der Waals surface area contributed by atoms with E-state index in [1.165, 1.54) is 17.2 Å². The molecule has 1 aliphatic heterocycles. The third-order valence-electron chi connectivity index (χ3n) is 5.72. The van der Waals surface area contributed by atoms with Gasteiger partial charge in [-0.05, 0) is 48.2 Å². The highest BCUT2D eigenvalue weighted by molar-refractivity contribution is 5.86. The second kappa shape index (κ2) is 10.1. The molecule has 2 heterocycles. The van der Waals surface area contributed by atoms with Gasteiger partial charge in [0.25, 0.3) is 0 Å². The Morgan fingerprint density at radius 1 is 1.22 bits per heavy atom. The first-order chi connectivity index (χ1) is 15.2. The van der Waals surface area contributed by atoms with Gasteiger partial charge in [0.2, 0.25) is 0 Å². The van der Waals surface area contributed by atoms with Crippen molar-refractivity contribution in [3.63, 3.8) is 0 Å². The van der Waals surface area contributed by atoms with Gasteiger partial charge in [-0.25, -0.2) is 4.79 Å². The summed E-state index contributed by atoms with van der Waals surface area (Å²) in [5.74, 6) is -0.624. The van der Waals surface area contributed by atoms with Gasteiger partial charge in [-0.3, -0.25) is 4.90 Å². The summed E-state index contributed by atoms with van der Waals surface area (Å²) in [7, 11) is 0. The Morgan fingerprint density at radius 2 is 1.91 bits per heavy atom. The highest BCUT2D eigenvalue weighted by Gasteiger charge is 2.38. The number of nitrogens with zero attached hydrogens (tertiary/aromatic N) is 2. The van der Waals surface area contributed by atoms with E-state index in [4.69, 9.17) is 20.2 Å². The van der Waals surface area contributed by atoms with Gasteiger partial charge >= 0.3 is 12.1 Å². The number of aliphatic carboxylic acids is 1. The first-order valence-electron chi connectivity index (χ1n) is 10.3. The lowest BCUT2D eigenvalue weighted by molar-refractivity contribution is -0.192. The number of benzene rings is 2. The van der Waals surface area contributed by atoms with Gasteiger partial charge in [0, 0.05) is 24.7 Å². The molecule has 3 aromatic rings. The standard InChI is InChI=1S/C21H25N3O.C2HF3O2/c1-15-8-9-24(13-19(15)12-22)14-20-11-21(25-23-20)18-7-6-16-4-2-3-5-17(16)10-18;3-2(4,5)1(6)7/h2-7,10-11,15,19H,8-9,12-14,22H2,1H3;(H,6,7). The average molecular weight is 449 g/mol. The predicted octanol–water partition coefficient (Wildman–Crippen LogP) is 4.54. The topological polar surface area (TPSA) is 92.6 Å². The van der Waals surface area contributed by atoms with E-state index in [1.54, 1.807) is 0 Å². The van der Waals surface area contributed by atoms with Crippen LogP contribution in [-0.2, 0) is 11.3 Å². The average Bonchev–Trinajstić information content (AvgIpc) is 3.23. The number of carboxylic acids is 1. The number of halogens is 3. The zero-order valence-electron chi connectivity index (χ0n) is 17.7. The van der Waals surface area contributed by atoms with Crippen LogP contribution in [0, 0.1) is 11.8 Å². The van der Waals surface area contributed by atoms with Crippen molar-refractivity contribution in [2.45, 2.75) is 26.1 Å². The number of alkyl halides is 3. The Kier molecular flexibility index (Phi) is 7.52. The number of hydrogen-bond acceptors (Lipinski definition) is 5. The molecular formula is C23H26F3N3O3. The SMILES string of the molecule is CC1CCN(Cc2cc(-c3ccc4ccccc4c3)on2)CC1CN.O=C(O)C(F)(F)F. The Hall–Kier alpha value is -2.91. The fourth-order valence-corrected chi connectivity index (χ4v) is 3.77. The largest absolute Gasteiger partial charge is 0.490 e. The van der Waals surface area contributed by atoms with Crippen LogP contribution in [0.4, 0.5) is 13.2 Å². The molecule has 1 saturated heterocycles. The lowest BCUT2D eigenvalue weighted by Crippen LogP contribution is -2.42. The zero-order valence-corrected chi connectivity index (χ0v) is 17.7. The molecule has 172 valence electrons. The van der Waals surface area contributed by atoms with Crippen molar-refractivity contribution in [1.29, 1.82) is 0 Å². The van der Waals surface area contributed by atoms with Gasteiger partial charge in [-0.2, -0.15) is 13.2 Å². The maximum atomic E-state index is 10.6. The number of piperidine rings is 1.